The zero-order chi connectivity index (χ0) is 27.0. The maximum Gasteiger partial charge on any atom is 0.416 e. The average molecular weight is 517 g/mol. The van der Waals surface area contributed by atoms with E-state index in [1.165, 1.54) is 25.5 Å². The summed E-state index contributed by atoms with van der Waals surface area (Å²) >= 11 is 0. The van der Waals surface area contributed by atoms with Crippen LogP contribution in [0.5, 0.6) is 23.0 Å². The Morgan fingerprint density at radius 2 is 1.78 bits per heavy atom. The lowest BCUT2D eigenvalue weighted by atomic mass is 10.1. The Hall–Kier alpha value is -4.61. The zero-order valence-corrected chi connectivity index (χ0v) is 19.7. The van der Waals surface area contributed by atoms with Gasteiger partial charge in [0.05, 0.1) is 30.4 Å². The number of carbonyl (C=O) groups is 1. The van der Waals surface area contributed by atoms with Crippen LogP contribution in [0.2, 0.25) is 0 Å². The van der Waals surface area contributed by atoms with Crippen molar-refractivity contribution in [1.29, 1.82) is 0 Å². The Balaban J connectivity index is 1.77. The van der Waals surface area contributed by atoms with Crippen molar-refractivity contribution in [1.82, 2.24) is 5.43 Å². The summed E-state index contributed by atoms with van der Waals surface area (Å²) in [4.78, 5) is 22.9. The quantitative estimate of drug-likeness (QED) is 0.202. The molecule has 194 valence electrons. The minimum atomic E-state index is -4.75. The number of benzene rings is 3. The zero-order valence-electron chi connectivity index (χ0n) is 19.7. The van der Waals surface area contributed by atoms with Gasteiger partial charge in [0.25, 0.3) is 5.91 Å². The highest BCUT2D eigenvalue weighted by Crippen LogP contribution is 2.38. The number of carbonyl (C=O) groups excluding carboxylic acids is 1. The van der Waals surface area contributed by atoms with E-state index in [2.05, 4.69) is 10.5 Å². The topological polar surface area (TPSA) is 112 Å². The van der Waals surface area contributed by atoms with E-state index in [1.54, 1.807) is 30.3 Å². The first-order valence-electron chi connectivity index (χ1n) is 10.9. The van der Waals surface area contributed by atoms with Crippen molar-refractivity contribution in [2.24, 2.45) is 5.10 Å². The van der Waals surface area contributed by atoms with E-state index in [4.69, 9.17) is 14.2 Å². The second kappa shape index (κ2) is 11.9. The predicted molar refractivity (Wildman–Crippen MR) is 128 cm³/mol. The molecule has 9 nitrogen and oxygen atoms in total. The van der Waals surface area contributed by atoms with Crippen molar-refractivity contribution >= 4 is 17.8 Å². The molecule has 1 N–H and O–H groups in total. The molecule has 3 aromatic rings. The molecule has 0 aliphatic rings. The number of nitrogens with zero attached hydrogens (tertiary/aromatic N) is 2. The van der Waals surface area contributed by atoms with Crippen molar-refractivity contribution < 1.29 is 37.1 Å². The molecule has 3 aromatic carbocycles. The Labute approximate surface area is 209 Å². The monoisotopic (exact) mass is 517 g/mol. The van der Waals surface area contributed by atoms with Gasteiger partial charge in [0.2, 0.25) is 5.75 Å². The van der Waals surface area contributed by atoms with E-state index in [0.29, 0.717) is 35.8 Å². The van der Waals surface area contributed by atoms with Crippen molar-refractivity contribution in [3.8, 4) is 23.0 Å². The smallest absolute Gasteiger partial charge is 0.416 e. The molecule has 0 bridgehead atoms. The van der Waals surface area contributed by atoms with Gasteiger partial charge in [-0.2, -0.15) is 18.3 Å². The molecule has 0 aromatic heterocycles. The molecule has 0 atom stereocenters. The first-order valence-corrected chi connectivity index (χ1v) is 10.9. The van der Waals surface area contributed by atoms with Crippen LogP contribution in [0, 0.1) is 10.1 Å². The van der Waals surface area contributed by atoms with E-state index >= 15 is 0 Å². The number of nitrogens with one attached hydrogen (secondary N) is 1. The molecule has 1 amide bonds. The normalized spacial score (nSPS) is 11.3. The Kier molecular flexibility index (Phi) is 8.67. The summed E-state index contributed by atoms with van der Waals surface area (Å²) in [6.45, 7) is 2.45. The van der Waals surface area contributed by atoms with Gasteiger partial charge in [-0.15, -0.1) is 0 Å². The van der Waals surface area contributed by atoms with Crippen LogP contribution in [0.3, 0.4) is 0 Å². The predicted octanol–water partition coefficient (Wildman–Crippen LogP) is 5.97. The Bertz CT molecular complexity index is 1310. The standard InChI is InChI=1S/C25H22F3N3O6/c1-3-12-36-22-10-8-16(13-23(22)35-2)24(32)30-29-15-17-6-4-5-7-20(17)37-21-11-9-18(25(26,27)28)14-19(21)31(33)34/h4-11,13-15H,3,12H2,1-2H3,(H,30,32)/b29-15+. The minimum absolute atomic E-state index is 0.0717. The number of alkyl halides is 3. The van der Waals surface area contributed by atoms with Crippen LogP contribution in [0.4, 0.5) is 18.9 Å². The van der Waals surface area contributed by atoms with Crippen molar-refractivity contribution in [2.75, 3.05) is 13.7 Å². The van der Waals surface area contributed by atoms with Crippen LogP contribution in [0.15, 0.2) is 65.8 Å². The molecule has 0 aliphatic heterocycles. The number of hydrazone groups is 1. The summed E-state index contributed by atoms with van der Waals surface area (Å²) in [5.74, 6) is 0.00554. The number of halogens is 3. The van der Waals surface area contributed by atoms with E-state index < -0.39 is 28.3 Å². The van der Waals surface area contributed by atoms with Gasteiger partial charge in [-0.1, -0.05) is 19.1 Å². The Morgan fingerprint density at radius 1 is 1.05 bits per heavy atom. The molecule has 0 heterocycles. The van der Waals surface area contributed by atoms with Crippen LogP contribution in [0.25, 0.3) is 0 Å². The van der Waals surface area contributed by atoms with Gasteiger partial charge in [0.1, 0.15) is 5.75 Å². The fourth-order valence-electron chi connectivity index (χ4n) is 3.09. The van der Waals surface area contributed by atoms with Crippen LogP contribution >= 0.6 is 0 Å². The van der Waals surface area contributed by atoms with Gasteiger partial charge in [-0.3, -0.25) is 14.9 Å². The second-order valence-corrected chi connectivity index (χ2v) is 7.49. The molecule has 0 aliphatic carbocycles. The third-order valence-corrected chi connectivity index (χ3v) is 4.88. The average Bonchev–Trinajstić information content (AvgIpc) is 2.87. The second-order valence-electron chi connectivity index (χ2n) is 7.49. The number of para-hydroxylation sites is 1. The summed E-state index contributed by atoms with van der Waals surface area (Å²) in [6.07, 6.45) is -2.71. The first kappa shape index (κ1) is 27.0. The number of amides is 1. The molecule has 0 fully saturated rings. The first-order chi connectivity index (χ1) is 17.6. The third-order valence-electron chi connectivity index (χ3n) is 4.88. The summed E-state index contributed by atoms with van der Waals surface area (Å²) in [5, 5.41) is 15.2. The Morgan fingerprint density at radius 3 is 2.46 bits per heavy atom. The maximum absolute atomic E-state index is 13.0. The van der Waals surface area contributed by atoms with Crippen LogP contribution in [0.1, 0.15) is 34.8 Å². The van der Waals surface area contributed by atoms with Gasteiger partial charge < -0.3 is 14.2 Å². The fourth-order valence-corrected chi connectivity index (χ4v) is 3.09. The minimum Gasteiger partial charge on any atom is -0.493 e. The molecule has 0 unspecified atom stereocenters. The van der Waals surface area contributed by atoms with E-state index in [9.17, 15) is 28.1 Å². The van der Waals surface area contributed by atoms with Crippen LogP contribution in [-0.4, -0.2) is 30.8 Å². The highest BCUT2D eigenvalue weighted by atomic mass is 19.4. The molecule has 12 heteroatoms. The van der Waals surface area contributed by atoms with Crippen LogP contribution in [-0.2, 0) is 6.18 Å². The third kappa shape index (κ3) is 6.97. The van der Waals surface area contributed by atoms with Gasteiger partial charge in [0.15, 0.2) is 11.5 Å². The van der Waals surface area contributed by atoms with Crippen molar-refractivity contribution in [3.63, 3.8) is 0 Å². The SMILES string of the molecule is CCCOc1ccc(C(=O)N/N=C/c2ccccc2Oc2ccc(C(F)(F)F)cc2[N+](=O)[O-])cc1OC. The molecule has 0 saturated heterocycles. The summed E-state index contributed by atoms with van der Waals surface area (Å²) in [5.41, 5.74) is 0.881. The number of ether oxygens (including phenoxy) is 3. The van der Waals surface area contributed by atoms with E-state index in [1.807, 2.05) is 6.92 Å². The molecule has 0 radical (unpaired) electrons. The molecular weight excluding hydrogens is 495 g/mol. The lowest BCUT2D eigenvalue weighted by Gasteiger charge is -2.11. The molecular formula is C25H22F3N3O6. The van der Waals surface area contributed by atoms with Gasteiger partial charge in [0, 0.05) is 17.2 Å². The summed E-state index contributed by atoms with van der Waals surface area (Å²) in [6, 6.07) is 12.8. The molecule has 0 saturated carbocycles. The number of nitro benzene ring substituents is 1. The summed E-state index contributed by atoms with van der Waals surface area (Å²) in [7, 11) is 1.45. The molecule has 37 heavy (non-hydrogen) atoms. The van der Waals surface area contributed by atoms with Crippen molar-refractivity contribution in [3.05, 3.63) is 87.5 Å². The lowest BCUT2D eigenvalue weighted by molar-refractivity contribution is -0.385. The van der Waals surface area contributed by atoms with Gasteiger partial charge in [-0.05, 0) is 48.9 Å². The lowest BCUT2D eigenvalue weighted by Crippen LogP contribution is -2.17. The highest BCUT2D eigenvalue weighted by molar-refractivity contribution is 5.95. The maximum atomic E-state index is 13.0. The number of rotatable bonds is 10. The molecule has 0 spiro atoms. The fraction of sp³-hybridized carbons (Fsp3) is 0.200. The summed E-state index contributed by atoms with van der Waals surface area (Å²) < 4.78 is 55.3. The highest BCUT2D eigenvalue weighted by Gasteiger charge is 2.33. The van der Waals surface area contributed by atoms with E-state index in [-0.39, 0.29) is 17.1 Å². The van der Waals surface area contributed by atoms with Crippen LogP contribution < -0.4 is 19.6 Å². The van der Waals surface area contributed by atoms with E-state index in [0.717, 1.165) is 12.5 Å². The molecule has 3 rings (SSSR count). The van der Waals surface area contributed by atoms with Gasteiger partial charge >= 0.3 is 11.9 Å². The largest absolute Gasteiger partial charge is 0.493 e. The number of hydrogen-bond donors (Lipinski definition) is 1. The number of hydrogen-bond acceptors (Lipinski definition) is 7. The van der Waals surface area contributed by atoms with Gasteiger partial charge in [-0.25, -0.2) is 5.43 Å². The number of methoxy groups -OCH3 is 1. The van der Waals surface area contributed by atoms with Crippen molar-refractivity contribution in [2.45, 2.75) is 19.5 Å². The number of nitro groups is 1.